The Bertz CT molecular complexity index is 315. The fourth-order valence-electron chi connectivity index (χ4n) is 1.96. The van der Waals surface area contributed by atoms with Crippen molar-refractivity contribution < 1.29 is 4.79 Å². The van der Waals surface area contributed by atoms with Crippen LogP contribution in [-0.4, -0.2) is 12.3 Å². The topological polar surface area (TPSA) is 43.1 Å². The molecule has 1 saturated carbocycles. The third-order valence-corrected chi connectivity index (χ3v) is 2.85. The van der Waals surface area contributed by atoms with Crippen LogP contribution in [0, 0.1) is 0 Å². The van der Waals surface area contributed by atoms with Gasteiger partial charge in [0, 0.05) is 24.8 Å². The molecule has 0 aromatic heterocycles. The first-order valence-corrected chi connectivity index (χ1v) is 4.54. The van der Waals surface area contributed by atoms with Crippen molar-refractivity contribution in [1.29, 1.82) is 0 Å². The Balaban J connectivity index is 0.000000980. The van der Waals surface area contributed by atoms with Crippen molar-refractivity contribution >= 4 is 18.2 Å². The molecule has 1 aromatic carbocycles. The summed E-state index contributed by atoms with van der Waals surface area (Å²) in [7, 11) is 0. The third-order valence-electron chi connectivity index (χ3n) is 2.85. The highest BCUT2D eigenvalue weighted by Gasteiger charge is 2.43. The van der Waals surface area contributed by atoms with Crippen LogP contribution in [0.3, 0.4) is 0 Å². The predicted octanol–water partition coefficient (Wildman–Crippen LogP) is 1.67. The number of Topliss-reactive ketones (excluding diaryl/α,β-unsaturated/α-hetero) is 1. The summed E-state index contributed by atoms with van der Waals surface area (Å²) >= 11 is 0. The van der Waals surface area contributed by atoms with E-state index in [1.165, 1.54) is 5.56 Å². The first kappa shape index (κ1) is 11.2. The van der Waals surface area contributed by atoms with Crippen molar-refractivity contribution in [3.8, 4) is 0 Å². The Morgan fingerprint density at radius 2 is 1.79 bits per heavy atom. The average Bonchev–Trinajstić information content (AvgIpc) is 2.14. The van der Waals surface area contributed by atoms with Gasteiger partial charge in [0.2, 0.25) is 0 Å². The molecule has 0 aliphatic heterocycles. The number of carbonyl (C=O) groups is 1. The summed E-state index contributed by atoms with van der Waals surface area (Å²) in [5, 5.41) is 0. The first-order chi connectivity index (χ1) is 6.27. The molecule has 2 N–H and O–H groups in total. The van der Waals surface area contributed by atoms with E-state index in [1.54, 1.807) is 0 Å². The highest BCUT2D eigenvalue weighted by molar-refractivity contribution is 5.88. The van der Waals surface area contributed by atoms with E-state index in [1.807, 2.05) is 18.2 Å². The maximum atomic E-state index is 11.0. The SMILES string of the molecule is Cl.NCC1(c2ccccc2)CC(=O)C1. The molecule has 2 nitrogen and oxygen atoms in total. The van der Waals surface area contributed by atoms with E-state index in [-0.39, 0.29) is 17.8 Å². The van der Waals surface area contributed by atoms with Crippen molar-refractivity contribution in [2.45, 2.75) is 18.3 Å². The van der Waals surface area contributed by atoms with Crippen LogP contribution in [0.25, 0.3) is 0 Å². The average molecular weight is 212 g/mol. The van der Waals surface area contributed by atoms with Crippen LogP contribution in [-0.2, 0) is 10.2 Å². The molecular weight excluding hydrogens is 198 g/mol. The Morgan fingerprint density at radius 1 is 1.21 bits per heavy atom. The number of ketones is 1. The molecule has 1 aliphatic carbocycles. The van der Waals surface area contributed by atoms with E-state index in [0.717, 1.165) is 0 Å². The number of carbonyl (C=O) groups excluding carboxylic acids is 1. The molecule has 14 heavy (non-hydrogen) atoms. The lowest BCUT2D eigenvalue weighted by Gasteiger charge is -2.39. The second kappa shape index (κ2) is 4.11. The zero-order valence-electron chi connectivity index (χ0n) is 7.90. The van der Waals surface area contributed by atoms with E-state index < -0.39 is 0 Å². The molecule has 3 heteroatoms. The van der Waals surface area contributed by atoms with Gasteiger partial charge in [0.1, 0.15) is 5.78 Å². The van der Waals surface area contributed by atoms with E-state index in [2.05, 4.69) is 12.1 Å². The van der Waals surface area contributed by atoms with Gasteiger partial charge in [0.05, 0.1) is 0 Å². The molecule has 0 saturated heterocycles. The molecule has 0 radical (unpaired) electrons. The standard InChI is InChI=1S/C11H13NO.ClH/c12-8-11(6-10(13)7-11)9-4-2-1-3-5-9;/h1-5H,6-8,12H2;1H. The van der Waals surface area contributed by atoms with Gasteiger partial charge >= 0.3 is 0 Å². The number of nitrogens with two attached hydrogens (primary N) is 1. The van der Waals surface area contributed by atoms with Gasteiger partial charge in [0.15, 0.2) is 0 Å². The number of halogens is 1. The number of hydrogen-bond donors (Lipinski definition) is 1. The van der Waals surface area contributed by atoms with Gasteiger partial charge in [-0.05, 0) is 5.56 Å². The summed E-state index contributed by atoms with van der Waals surface area (Å²) in [5.41, 5.74) is 6.87. The summed E-state index contributed by atoms with van der Waals surface area (Å²) in [6.07, 6.45) is 1.24. The molecule has 0 atom stereocenters. The fourth-order valence-corrected chi connectivity index (χ4v) is 1.96. The number of rotatable bonds is 2. The molecule has 2 rings (SSSR count). The lowest BCUT2D eigenvalue weighted by atomic mass is 9.64. The van der Waals surface area contributed by atoms with Crippen LogP contribution in [0.2, 0.25) is 0 Å². The summed E-state index contributed by atoms with van der Waals surface area (Å²) in [6, 6.07) is 10.1. The molecule has 0 bridgehead atoms. The van der Waals surface area contributed by atoms with Crippen molar-refractivity contribution in [1.82, 2.24) is 0 Å². The molecule has 1 aromatic rings. The Labute approximate surface area is 89.9 Å². The van der Waals surface area contributed by atoms with E-state index >= 15 is 0 Å². The predicted molar refractivity (Wildman–Crippen MR) is 58.7 cm³/mol. The number of hydrogen-bond acceptors (Lipinski definition) is 2. The van der Waals surface area contributed by atoms with E-state index in [0.29, 0.717) is 25.2 Å². The molecule has 1 aliphatic rings. The second-order valence-electron chi connectivity index (χ2n) is 3.74. The Hall–Kier alpha value is -0.860. The van der Waals surface area contributed by atoms with Gasteiger partial charge in [-0.1, -0.05) is 30.3 Å². The molecule has 76 valence electrons. The molecular formula is C11H14ClNO. The van der Waals surface area contributed by atoms with Gasteiger partial charge in [-0.15, -0.1) is 12.4 Å². The Morgan fingerprint density at radius 3 is 2.21 bits per heavy atom. The monoisotopic (exact) mass is 211 g/mol. The highest BCUT2D eigenvalue weighted by Crippen LogP contribution is 2.39. The summed E-state index contributed by atoms with van der Waals surface area (Å²) in [5.74, 6) is 0.328. The molecule has 0 amide bonds. The van der Waals surface area contributed by atoms with E-state index in [9.17, 15) is 4.79 Å². The van der Waals surface area contributed by atoms with Crippen LogP contribution in [0.15, 0.2) is 30.3 Å². The second-order valence-corrected chi connectivity index (χ2v) is 3.74. The van der Waals surface area contributed by atoms with Crippen molar-refractivity contribution in [2.75, 3.05) is 6.54 Å². The minimum absolute atomic E-state index is 0. The normalized spacial score (nSPS) is 18.2. The highest BCUT2D eigenvalue weighted by atomic mass is 35.5. The minimum Gasteiger partial charge on any atom is -0.330 e. The van der Waals surface area contributed by atoms with Crippen LogP contribution in [0.1, 0.15) is 18.4 Å². The smallest absolute Gasteiger partial charge is 0.134 e. The summed E-state index contributed by atoms with van der Waals surface area (Å²) in [4.78, 5) is 11.0. The fraction of sp³-hybridized carbons (Fsp3) is 0.364. The number of benzene rings is 1. The minimum atomic E-state index is -0.0433. The summed E-state index contributed by atoms with van der Waals surface area (Å²) < 4.78 is 0. The summed E-state index contributed by atoms with van der Waals surface area (Å²) in [6.45, 7) is 0.572. The van der Waals surface area contributed by atoms with Gasteiger partial charge in [0.25, 0.3) is 0 Å². The van der Waals surface area contributed by atoms with Crippen molar-refractivity contribution in [2.24, 2.45) is 5.73 Å². The van der Waals surface area contributed by atoms with Crippen LogP contribution < -0.4 is 5.73 Å². The van der Waals surface area contributed by atoms with Gasteiger partial charge in [-0.2, -0.15) is 0 Å². The largest absolute Gasteiger partial charge is 0.330 e. The van der Waals surface area contributed by atoms with Gasteiger partial charge in [-0.3, -0.25) is 4.79 Å². The molecule has 1 fully saturated rings. The molecule has 0 spiro atoms. The quantitative estimate of drug-likeness (QED) is 0.809. The van der Waals surface area contributed by atoms with Gasteiger partial charge < -0.3 is 5.73 Å². The van der Waals surface area contributed by atoms with Gasteiger partial charge in [-0.25, -0.2) is 0 Å². The Kier molecular flexibility index (Phi) is 3.29. The van der Waals surface area contributed by atoms with Crippen molar-refractivity contribution in [3.05, 3.63) is 35.9 Å². The molecule has 0 unspecified atom stereocenters. The lowest BCUT2D eigenvalue weighted by molar-refractivity contribution is -0.128. The van der Waals surface area contributed by atoms with Crippen LogP contribution in [0.4, 0.5) is 0 Å². The zero-order chi connectivity index (χ0) is 9.31. The third kappa shape index (κ3) is 1.68. The van der Waals surface area contributed by atoms with Crippen molar-refractivity contribution in [3.63, 3.8) is 0 Å². The zero-order valence-corrected chi connectivity index (χ0v) is 8.72. The molecule has 0 heterocycles. The van der Waals surface area contributed by atoms with Crippen LogP contribution >= 0.6 is 12.4 Å². The van der Waals surface area contributed by atoms with Crippen LogP contribution in [0.5, 0.6) is 0 Å². The maximum absolute atomic E-state index is 11.0. The maximum Gasteiger partial charge on any atom is 0.134 e. The lowest BCUT2D eigenvalue weighted by Crippen LogP contribution is -2.47. The van der Waals surface area contributed by atoms with E-state index in [4.69, 9.17) is 5.73 Å². The first-order valence-electron chi connectivity index (χ1n) is 4.54.